The van der Waals surface area contributed by atoms with Crippen molar-refractivity contribution in [2.75, 3.05) is 5.84 Å². The molecule has 0 aliphatic heterocycles. The summed E-state index contributed by atoms with van der Waals surface area (Å²) in [6.07, 6.45) is 4.52. The molecular formula is C10H14N6S. The van der Waals surface area contributed by atoms with Crippen LogP contribution in [0.4, 0.5) is 0 Å². The van der Waals surface area contributed by atoms with E-state index in [4.69, 9.17) is 5.84 Å². The van der Waals surface area contributed by atoms with Gasteiger partial charge in [-0.1, -0.05) is 0 Å². The molecule has 3 rings (SSSR count). The van der Waals surface area contributed by atoms with E-state index in [-0.39, 0.29) is 0 Å². The molecule has 1 aliphatic rings. The van der Waals surface area contributed by atoms with Gasteiger partial charge >= 0.3 is 0 Å². The molecule has 2 N–H and O–H groups in total. The van der Waals surface area contributed by atoms with E-state index in [1.54, 1.807) is 4.68 Å². The molecule has 0 unspecified atom stereocenters. The number of hydrogen-bond donors (Lipinski definition) is 2. The number of hydrogen-bond acceptors (Lipinski definition) is 5. The van der Waals surface area contributed by atoms with Gasteiger partial charge in [0.05, 0.1) is 11.4 Å². The lowest BCUT2D eigenvalue weighted by atomic mass is 9.96. The van der Waals surface area contributed by atoms with Gasteiger partial charge in [0, 0.05) is 0 Å². The molecular weight excluding hydrogens is 236 g/mol. The quantitative estimate of drug-likeness (QED) is 0.576. The lowest BCUT2D eigenvalue weighted by Crippen LogP contribution is -2.18. The Morgan fingerprint density at radius 1 is 1.24 bits per heavy atom. The van der Waals surface area contributed by atoms with Crippen LogP contribution >= 0.6 is 12.6 Å². The molecule has 1 aliphatic carbocycles. The lowest BCUT2D eigenvalue weighted by Gasteiger charge is -2.13. The van der Waals surface area contributed by atoms with Crippen LogP contribution in [-0.2, 0) is 12.8 Å². The highest BCUT2D eigenvalue weighted by Crippen LogP contribution is 2.25. The topological polar surface area (TPSA) is 74.5 Å². The third-order valence-corrected chi connectivity index (χ3v) is 3.54. The van der Waals surface area contributed by atoms with Crippen molar-refractivity contribution in [3.05, 3.63) is 17.0 Å². The second kappa shape index (κ2) is 3.76. The van der Waals surface area contributed by atoms with Gasteiger partial charge in [0.25, 0.3) is 5.95 Å². The smallest absolute Gasteiger partial charge is 0.271 e. The minimum Gasteiger partial charge on any atom is -0.334 e. The molecule has 0 amide bonds. The van der Waals surface area contributed by atoms with Crippen molar-refractivity contribution in [3.8, 4) is 5.95 Å². The van der Waals surface area contributed by atoms with E-state index in [0.717, 1.165) is 18.5 Å². The molecule has 0 bridgehead atoms. The van der Waals surface area contributed by atoms with E-state index in [2.05, 4.69) is 27.9 Å². The van der Waals surface area contributed by atoms with Gasteiger partial charge in [0.15, 0.2) is 0 Å². The van der Waals surface area contributed by atoms with Crippen molar-refractivity contribution in [2.24, 2.45) is 0 Å². The first-order valence-corrected chi connectivity index (χ1v) is 6.10. The predicted molar refractivity (Wildman–Crippen MR) is 65.9 cm³/mol. The average Bonchev–Trinajstić information content (AvgIpc) is 2.83. The zero-order valence-corrected chi connectivity index (χ0v) is 10.5. The molecule has 90 valence electrons. The number of nitrogen functional groups attached to an aromatic ring is 1. The van der Waals surface area contributed by atoms with Gasteiger partial charge in [0.1, 0.15) is 0 Å². The second-order valence-corrected chi connectivity index (χ2v) is 4.70. The fraction of sp³-hybridized carbons (Fsp3) is 0.500. The van der Waals surface area contributed by atoms with E-state index >= 15 is 0 Å². The summed E-state index contributed by atoms with van der Waals surface area (Å²) in [5, 5.41) is 12.8. The molecule has 2 aromatic heterocycles. The molecule has 7 heteroatoms. The van der Waals surface area contributed by atoms with Crippen molar-refractivity contribution in [2.45, 2.75) is 37.8 Å². The standard InChI is InChI=1S/C10H14N6S/c1-6-7-4-2-3-5-8(7)16(14-6)9-12-13-10(17)15(9)11/h2-5,11H2,1H3,(H,13,17). The van der Waals surface area contributed by atoms with Gasteiger partial charge in [-0.15, -0.1) is 22.8 Å². The van der Waals surface area contributed by atoms with Crippen LogP contribution in [0.15, 0.2) is 5.16 Å². The number of aromatic nitrogens is 5. The molecule has 2 heterocycles. The van der Waals surface area contributed by atoms with Crippen LogP contribution in [-0.4, -0.2) is 24.7 Å². The summed E-state index contributed by atoms with van der Waals surface area (Å²) in [5.41, 5.74) is 3.60. The Labute approximate surface area is 104 Å². The summed E-state index contributed by atoms with van der Waals surface area (Å²) in [5.74, 6) is 6.36. The Morgan fingerprint density at radius 2 is 2.00 bits per heavy atom. The van der Waals surface area contributed by atoms with Crippen LogP contribution < -0.4 is 5.84 Å². The number of aryl methyl sites for hydroxylation is 1. The lowest BCUT2D eigenvalue weighted by molar-refractivity contribution is 0.635. The maximum atomic E-state index is 5.83. The monoisotopic (exact) mass is 250 g/mol. The van der Waals surface area contributed by atoms with E-state index < -0.39 is 0 Å². The largest absolute Gasteiger partial charge is 0.334 e. The summed E-state index contributed by atoms with van der Waals surface area (Å²) in [4.78, 5) is 0. The molecule has 6 nitrogen and oxygen atoms in total. The Kier molecular flexibility index (Phi) is 2.36. The van der Waals surface area contributed by atoms with Crippen LogP contribution in [0.1, 0.15) is 29.8 Å². The molecule has 0 radical (unpaired) electrons. The van der Waals surface area contributed by atoms with E-state index in [0.29, 0.717) is 11.1 Å². The SMILES string of the molecule is Cc1nn(-c2nnc(S)n2N)c2c1CCCC2. The van der Waals surface area contributed by atoms with Crippen LogP contribution in [0.2, 0.25) is 0 Å². The van der Waals surface area contributed by atoms with E-state index in [9.17, 15) is 0 Å². The highest BCUT2D eigenvalue weighted by molar-refractivity contribution is 7.80. The van der Waals surface area contributed by atoms with Gasteiger partial charge in [-0.25, -0.2) is 9.36 Å². The zero-order chi connectivity index (χ0) is 12.0. The first kappa shape index (κ1) is 10.6. The predicted octanol–water partition coefficient (Wildman–Crippen LogP) is 0.654. The fourth-order valence-corrected chi connectivity index (χ4v) is 2.50. The Morgan fingerprint density at radius 3 is 2.71 bits per heavy atom. The highest BCUT2D eigenvalue weighted by atomic mass is 32.1. The first-order valence-electron chi connectivity index (χ1n) is 5.65. The van der Waals surface area contributed by atoms with Gasteiger partial charge in [0.2, 0.25) is 5.16 Å². The van der Waals surface area contributed by atoms with E-state index in [1.165, 1.54) is 28.8 Å². The third kappa shape index (κ3) is 1.53. The molecule has 0 spiro atoms. The summed E-state index contributed by atoms with van der Waals surface area (Å²) in [6.45, 7) is 2.03. The van der Waals surface area contributed by atoms with E-state index in [1.807, 2.05) is 6.92 Å². The zero-order valence-electron chi connectivity index (χ0n) is 9.59. The summed E-state index contributed by atoms with van der Waals surface area (Å²) < 4.78 is 3.15. The minimum absolute atomic E-state index is 0.387. The molecule has 0 saturated heterocycles. The number of fused-ring (bicyclic) bond motifs is 1. The van der Waals surface area contributed by atoms with Gasteiger partial charge in [-0.05, 0) is 38.2 Å². The Hall–Kier alpha value is -1.50. The number of thiol groups is 1. The molecule has 17 heavy (non-hydrogen) atoms. The molecule has 2 aromatic rings. The molecule has 0 aromatic carbocycles. The Balaban J connectivity index is 2.18. The van der Waals surface area contributed by atoms with Crippen LogP contribution in [0, 0.1) is 6.92 Å². The van der Waals surface area contributed by atoms with Gasteiger partial charge < -0.3 is 5.84 Å². The van der Waals surface area contributed by atoms with Crippen molar-refractivity contribution >= 4 is 12.6 Å². The maximum absolute atomic E-state index is 5.83. The van der Waals surface area contributed by atoms with Crippen molar-refractivity contribution < 1.29 is 0 Å². The fourth-order valence-electron chi connectivity index (χ4n) is 2.37. The van der Waals surface area contributed by atoms with Gasteiger partial charge in [-0.2, -0.15) is 5.10 Å². The number of nitrogens with zero attached hydrogens (tertiary/aromatic N) is 5. The van der Waals surface area contributed by atoms with Crippen LogP contribution in [0.3, 0.4) is 0 Å². The number of nitrogens with two attached hydrogens (primary N) is 1. The summed E-state index contributed by atoms with van der Waals surface area (Å²) in [7, 11) is 0. The van der Waals surface area contributed by atoms with Crippen molar-refractivity contribution in [1.29, 1.82) is 0 Å². The molecule has 0 atom stereocenters. The van der Waals surface area contributed by atoms with Crippen molar-refractivity contribution in [1.82, 2.24) is 24.7 Å². The maximum Gasteiger partial charge on any atom is 0.271 e. The summed E-state index contributed by atoms with van der Waals surface area (Å²) in [6, 6.07) is 0. The Bertz CT molecular complexity index is 570. The average molecular weight is 250 g/mol. The number of rotatable bonds is 1. The molecule has 0 fully saturated rings. The summed E-state index contributed by atoms with van der Waals surface area (Å²) >= 11 is 4.13. The van der Waals surface area contributed by atoms with Crippen molar-refractivity contribution in [3.63, 3.8) is 0 Å². The third-order valence-electron chi connectivity index (χ3n) is 3.23. The van der Waals surface area contributed by atoms with Gasteiger partial charge in [-0.3, -0.25) is 0 Å². The first-order chi connectivity index (χ1) is 8.18. The highest BCUT2D eigenvalue weighted by Gasteiger charge is 2.22. The molecule has 0 saturated carbocycles. The van der Waals surface area contributed by atoms with Crippen LogP contribution in [0.25, 0.3) is 5.95 Å². The van der Waals surface area contributed by atoms with Crippen LogP contribution in [0.5, 0.6) is 0 Å². The second-order valence-electron chi connectivity index (χ2n) is 4.30. The minimum atomic E-state index is 0.387. The normalized spacial score (nSPS) is 14.9.